The molecule has 0 bridgehead atoms. The minimum Gasteiger partial charge on any atom is -0.312 e. The molecule has 2 aromatic heterocycles. The van der Waals surface area contributed by atoms with Gasteiger partial charge in [-0.2, -0.15) is 5.10 Å². The molecule has 0 aliphatic rings. The number of imidazole rings is 1. The molecule has 0 saturated heterocycles. The zero-order valence-electron chi connectivity index (χ0n) is 5.31. The van der Waals surface area contributed by atoms with Crippen molar-refractivity contribution in [2.24, 2.45) is 5.73 Å². The molecule has 0 aliphatic heterocycles. The highest BCUT2D eigenvalue weighted by atomic mass is 15.4. The molecule has 0 fully saturated rings. The number of nitrogens with zero attached hydrogens (tertiary/aromatic N) is 4. The first-order valence-electron chi connectivity index (χ1n) is 2.95. The van der Waals surface area contributed by atoms with Gasteiger partial charge in [-0.3, -0.25) is 4.40 Å². The van der Waals surface area contributed by atoms with E-state index in [0.29, 0.717) is 6.67 Å². The molecule has 0 saturated carbocycles. The molecule has 0 spiro atoms. The molecule has 5 nitrogen and oxygen atoms in total. The van der Waals surface area contributed by atoms with Crippen LogP contribution in [-0.4, -0.2) is 19.2 Å². The van der Waals surface area contributed by atoms with E-state index < -0.39 is 0 Å². The summed E-state index contributed by atoms with van der Waals surface area (Å²) < 4.78 is 3.49. The zero-order valence-corrected chi connectivity index (χ0v) is 5.31. The van der Waals surface area contributed by atoms with Gasteiger partial charge in [-0.05, 0) is 0 Å². The van der Waals surface area contributed by atoms with Crippen LogP contribution in [0.15, 0.2) is 18.9 Å². The smallest absolute Gasteiger partial charge is 0.155 e. The summed E-state index contributed by atoms with van der Waals surface area (Å²) in [7, 11) is 0. The van der Waals surface area contributed by atoms with Crippen molar-refractivity contribution in [3.8, 4) is 0 Å². The van der Waals surface area contributed by atoms with E-state index in [0.717, 1.165) is 5.65 Å². The molecule has 2 N–H and O–H groups in total. The normalized spacial score (nSPS) is 10.9. The van der Waals surface area contributed by atoms with Gasteiger partial charge in [-0.15, -0.1) is 0 Å². The van der Waals surface area contributed by atoms with E-state index in [1.165, 1.54) is 0 Å². The van der Waals surface area contributed by atoms with E-state index in [4.69, 9.17) is 5.73 Å². The summed E-state index contributed by atoms with van der Waals surface area (Å²) in [4.78, 5) is 3.92. The third-order valence-electron chi connectivity index (χ3n) is 1.40. The SMILES string of the molecule is NCn1ncn2cncc12. The second-order valence-electron chi connectivity index (χ2n) is 1.97. The molecule has 0 atom stereocenters. The molecule has 2 rings (SSSR count). The Kier molecular flexibility index (Phi) is 0.983. The van der Waals surface area contributed by atoms with Gasteiger partial charge in [-0.25, -0.2) is 9.67 Å². The quantitative estimate of drug-likeness (QED) is 0.573. The molecule has 5 heteroatoms. The van der Waals surface area contributed by atoms with Crippen LogP contribution in [0.2, 0.25) is 0 Å². The lowest BCUT2D eigenvalue weighted by atomic mass is 10.8. The summed E-state index contributed by atoms with van der Waals surface area (Å²) in [5.74, 6) is 0. The maximum Gasteiger partial charge on any atom is 0.155 e. The molecule has 10 heavy (non-hydrogen) atoms. The van der Waals surface area contributed by atoms with Gasteiger partial charge in [0, 0.05) is 0 Å². The van der Waals surface area contributed by atoms with Crippen LogP contribution in [0.1, 0.15) is 0 Å². The van der Waals surface area contributed by atoms with E-state index in [2.05, 4.69) is 10.1 Å². The van der Waals surface area contributed by atoms with Crippen molar-refractivity contribution in [1.29, 1.82) is 0 Å². The minimum atomic E-state index is 0.391. The summed E-state index contributed by atoms with van der Waals surface area (Å²) in [6, 6.07) is 0. The monoisotopic (exact) mass is 137 g/mol. The summed E-state index contributed by atoms with van der Waals surface area (Å²) in [6.07, 6.45) is 5.09. The van der Waals surface area contributed by atoms with Crippen molar-refractivity contribution in [2.45, 2.75) is 6.67 Å². The van der Waals surface area contributed by atoms with Crippen LogP contribution in [0.3, 0.4) is 0 Å². The van der Waals surface area contributed by atoms with Crippen molar-refractivity contribution >= 4 is 5.65 Å². The molecular weight excluding hydrogens is 130 g/mol. The highest BCUT2D eigenvalue weighted by Crippen LogP contribution is 1.97. The first-order chi connectivity index (χ1) is 4.92. The van der Waals surface area contributed by atoms with E-state index in [1.54, 1.807) is 23.5 Å². The average Bonchev–Trinajstić information content (AvgIpc) is 2.44. The lowest BCUT2D eigenvalue weighted by Gasteiger charge is -1.90. The first kappa shape index (κ1) is 5.43. The number of hydrogen-bond acceptors (Lipinski definition) is 3. The summed E-state index contributed by atoms with van der Waals surface area (Å²) >= 11 is 0. The fourth-order valence-corrected chi connectivity index (χ4v) is 0.904. The molecule has 2 aromatic rings. The standard InChI is InChI=1S/C5H7N5/c6-2-10-5-1-7-3-9(5)4-8-10/h1,3-4H,2,6H2. The Morgan fingerprint density at radius 3 is 3.20 bits per heavy atom. The predicted molar refractivity (Wildman–Crippen MR) is 35.2 cm³/mol. The Morgan fingerprint density at radius 2 is 2.40 bits per heavy atom. The van der Waals surface area contributed by atoms with Gasteiger partial charge in [0.25, 0.3) is 0 Å². The maximum atomic E-state index is 5.38. The van der Waals surface area contributed by atoms with Gasteiger partial charge in [0.15, 0.2) is 5.65 Å². The Bertz CT molecular complexity index is 332. The summed E-state index contributed by atoms with van der Waals surface area (Å²) in [6.45, 7) is 0.391. The van der Waals surface area contributed by atoms with Crippen LogP contribution in [0.25, 0.3) is 5.65 Å². The third-order valence-corrected chi connectivity index (χ3v) is 1.40. The van der Waals surface area contributed by atoms with E-state index >= 15 is 0 Å². The third kappa shape index (κ3) is 0.548. The van der Waals surface area contributed by atoms with Crippen LogP contribution in [-0.2, 0) is 6.67 Å². The summed E-state index contributed by atoms with van der Waals surface area (Å²) in [5.41, 5.74) is 6.30. The Morgan fingerprint density at radius 1 is 1.50 bits per heavy atom. The van der Waals surface area contributed by atoms with Crippen LogP contribution < -0.4 is 5.73 Å². The van der Waals surface area contributed by atoms with Crippen molar-refractivity contribution in [2.75, 3.05) is 0 Å². The zero-order chi connectivity index (χ0) is 6.97. The molecule has 0 aliphatic carbocycles. The number of aromatic nitrogens is 4. The van der Waals surface area contributed by atoms with Gasteiger partial charge >= 0.3 is 0 Å². The van der Waals surface area contributed by atoms with Crippen LogP contribution >= 0.6 is 0 Å². The van der Waals surface area contributed by atoms with Crippen LogP contribution in [0.5, 0.6) is 0 Å². The molecule has 0 amide bonds. The van der Waals surface area contributed by atoms with Crippen LogP contribution in [0, 0.1) is 0 Å². The van der Waals surface area contributed by atoms with Gasteiger partial charge in [0.2, 0.25) is 0 Å². The lowest BCUT2D eigenvalue weighted by Crippen LogP contribution is -2.07. The van der Waals surface area contributed by atoms with E-state index in [9.17, 15) is 0 Å². The second-order valence-corrected chi connectivity index (χ2v) is 1.97. The van der Waals surface area contributed by atoms with Crippen LogP contribution in [0.4, 0.5) is 0 Å². The molecule has 0 radical (unpaired) electrons. The molecule has 0 aromatic carbocycles. The fraction of sp³-hybridized carbons (Fsp3) is 0.200. The lowest BCUT2D eigenvalue weighted by molar-refractivity contribution is 0.660. The van der Waals surface area contributed by atoms with Crippen molar-refractivity contribution in [3.63, 3.8) is 0 Å². The molecule has 52 valence electrons. The van der Waals surface area contributed by atoms with Gasteiger partial charge in [-0.1, -0.05) is 0 Å². The molecule has 2 heterocycles. The van der Waals surface area contributed by atoms with Gasteiger partial charge < -0.3 is 5.73 Å². The second kappa shape index (κ2) is 1.81. The number of hydrogen-bond donors (Lipinski definition) is 1. The van der Waals surface area contributed by atoms with E-state index in [-0.39, 0.29) is 0 Å². The highest BCUT2D eigenvalue weighted by molar-refractivity contribution is 5.34. The van der Waals surface area contributed by atoms with Crippen molar-refractivity contribution in [3.05, 3.63) is 18.9 Å². The van der Waals surface area contributed by atoms with Gasteiger partial charge in [0.05, 0.1) is 12.9 Å². The molecule has 0 unspecified atom stereocenters. The molecular formula is C5H7N5. The maximum absolute atomic E-state index is 5.38. The Balaban J connectivity index is 2.76. The Hall–Kier alpha value is -1.36. The number of fused-ring (bicyclic) bond motifs is 1. The highest BCUT2D eigenvalue weighted by Gasteiger charge is 1.97. The number of nitrogens with two attached hydrogens (primary N) is 1. The summed E-state index contributed by atoms with van der Waals surface area (Å²) in [5, 5.41) is 3.99. The topological polar surface area (TPSA) is 61.1 Å². The first-order valence-corrected chi connectivity index (χ1v) is 2.95. The van der Waals surface area contributed by atoms with Gasteiger partial charge in [0.1, 0.15) is 12.7 Å². The predicted octanol–water partition coefficient (Wildman–Crippen LogP) is -0.553. The largest absolute Gasteiger partial charge is 0.312 e. The fourth-order valence-electron chi connectivity index (χ4n) is 0.904. The number of rotatable bonds is 1. The van der Waals surface area contributed by atoms with Crippen molar-refractivity contribution in [1.82, 2.24) is 19.2 Å². The average molecular weight is 137 g/mol. The minimum absolute atomic E-state index is 0.391. The van der Waals surface area contributed by atoms with E-state index in [1.807, 2.05) is 4.40 Å². The van der Waals surface area contributed by atoms with Crippen molar-refractivity contribution < 1.29 is 0 Å². The Labute approximate surface area is 57.1 Å².